The molecule has 2 bridgehead atoms. The zero-order valence-corrected chi connectivity index (χ0v) is 13.5. The van der Waals surface area contributed by atoms with Gasteiger partial charge in [-0.1, -0.05) is 0 Å². The minimum Gasteiger partial charge on any atom is -0.342 e. The van der Waals surface area contributed by atoms with Crippen LogP contribution in [0, 0.1) is 5.92 Å². The Hall–Kier alpha value is -2.63. The Bertz CT molecular complexity index is 928. The van der Waals surface area contributed by atoms with Crippen molar-refractivity contribution in [1.82, 2.24) is 14.5 Å². The molecule has 1 N–H and O–H groups in total. The first-order valence-corrected chi connectivity index (χ1v) is 8.20. The maximum absolute atomic E-state index is 12.6. The highest BCUT2D eigenvalue weighted by atomic mass is 16.2. The smallest absolute Gasteiger partial charge is 0.251 e. The maximum Gasteiger partial charge on any atom is 0.251 e. The van der Waals surface area contributed by atoms with Gasteiger partial charge in [-0.15, -0.1) is 0 Å². The van der Waals surface area contributed by atoms with Gasteiger partial charge in [-0.05, 0) is 35.6 Å². The predicted octanol–water partition coefficient (Wildman–Crippen LogP) is 1.17. The molecular weight excluding hydrogens is 306 g/mol. The highest BCUT2D eigenvalue weighted by Gasteiger charge is 2.35. The first-order valence-electron chi connectivity index (χ1n) is 8.20. The number of aromatic nitrogens is 2. The first-order chi connectivity index (χ1) is 11.5. The van der Waals surface area contributed by atoms with Crippen molar-refractivity contribution in [3.05, 3.63) is 56.9 Å². The lowest BCUT2D eigenvalue weighted by molar-refractivity contribution is -0.131. The van der Waals surface area contributed by atoms with E-state index in [1.165, 1.54) is 6.07 Å². The van der Waals surface area contributed by atoms with Gasteiger partial charge in [0.25, 0.3) is 5.56 Å². The van der Waals surface area contributed by atoms with Gasteiger partial charge in [0.05, 0.1) is 0 Å². The third kappa shape index (κ3) is 2.48. The number of fused-ring (bicyclic) bond motifs is 4. The van der Waals surface area contributed by atoms with Gasteiger partial charge in [-0.3, -0.25) is 14.4 Å². The number of pyridine rings is 2. The topological polar surface area (TPSA) is 75.2 Å². The van der Waals surface area contributed by atoms with Crippen LogP contribution in [0.15, 0.2) is 40.1 Å². The number of rotatable bonds is 1. The average Bonchev–Trinajstić information content (AvgIpc) is 2.55. The van der Waals surface area contributed by atoms with Crippen LogP contribution in [0.3, 0.4) is 0 Å². The van der Waals surface area contributed by atoms with Gasteiger partial charge in [-0.25, -0.2) is 0 Å². The molecule has 2 aromatic rings. The van der Waals surface area contributed by atoms with Crippen molar-refractivity contribution < 1.29 is 4.79 Å². The summed E-state index contributed by atoms with van der Waals surface area (Å²) in [6.45, 7) is 3.64. The number of hydrogen-bond donors (Lipinski definition) is 1. The zero-order valence-electron chi connectivity index (χ0n) is 13.5. The van der Waals surface area contributed by atoms with Crippen LogP contribution in [0.1, 0.15) is 25.0 Å². The van der Waals surface area contributed by atoms with Crippen LogP contribution in [0.4, 0.5) is 0 Å². The van der Waals surface area contributed by atoms with Gasteiger partial charge < -0.3 is 14.5 Å². The van der Waals surface area contributed by atoms with Gasteiger partial charge >= 0.3 is 0 Å². The molecule has 2 aromatic heterocycles. The van der Waals surface area contributed by atoms with E-state index in [9.17, 15) is 14.4 Å². The molecule has 4 heterocycles. The average molecular weight is 325 g/mol. The van der Waals surface area contributed by atoms with Crippen molar-refractivity contribution in [3.63, 3.8) is 0 Å². The number of amides is 1. The number of hydrogen-bond acceptors (Lipinski definition) is 3. The standard InChI is InChI=1S/C18H19N3O3/c1-11(22)20-8-12-4-15(10-20)16-5-14(7-18(24)21(16)9-12)13-2-3-19-17(23)6-13/h2-3,5-7,12,15H,4,8-10H2,1H3,(H,19,23)/t12-,15+/m0/s1. The first kappa shape index (κ1) is 14.9. The molecular formula is C18H19N3O3. The molecule has 124 valence electrons. The van der Waals surface area contributed by atoms with E-state index in [0.29, 0.717) is 19.0 Å². The Labute approximate surface area is 138 Å². The van der Waals surface area contributed by atoms with Crippen LogP contribution in [-0.2, 0) is 11.3 Å². The molecule has 0 aromatic carbocycles. The van der Waals surface area contributed by atoms with Crippen LogP contribution in [0.5, 0.6) is 0 Å². The molecule has 0 unspecified atom stereocenters. The van der Waals surface area contributed by atoms with Crippen LogP contribution < -0.4 is 11.1 Å². The lowest BCUT2D eigenvalue weighted by atomic mass is 9.82. The number of aromatic amines is 1. The molecule has 24 heavy (non-hydrogen) atoms. The van der Waals surface area contributed by atoms with Crippen molar-refractivity contribution in [2.45, 2.75) is 25.8 Å². The summed E-state index contributed by atoms with van der Waals surface area (Å²) in [6.07, 6.45) is 2.59. The second-order valence-corrected chi connectivity index (χ2v) is 6.78. The highest BCUT2D eigenvalue weighted by Crippen LogP contribution is 2.36. The highest BCUT2D eigenvalue weighted by molar-refractivity contribution is 5.73. The second-order valence-electron chi connectivity index (χ2n) is 6.78. The molecule has 0 radical (unpaired) electrons. The number of likely N-dealkylation sites (tertiary alicyclic amines) is 1. The Kier molecular flexibility index (Phi) is 3.40. The summed E-state index contributed by atoms with van der Waals surface area (Å²) in [4.78, 5) is 40.4. The Morgan fingerprint density at radius 2 is 1.96 bits per heavy atom. The summed E-state index contributed by atoms with van der Waals surface area (Å²) in [5.74, 6) is 0.602. The molecule has 0 saturated carbocycles. The third-order valence-corrected chi connectivity index (χ3v) is 5.11. The predicted molar refractivity (Wildman–Crippen MR) is 89.9 cm³/mol. The molecule has 6 heteroatoms. The van der Waals surface area contributed by atoms with E-state index in [1.807, 2.05) is 15.5 Å². The number of nitrogens with one attached hydrogen (secondary N) is 1. The van der Waals surface area contributed by atoms with Crippen molar-refractivity contribution in [2.24, 2.45) is 5.92 Å². The number of nitrogens with zero attached hydrogens (tertiary/aromatic N) is 2. The Morgan fingerprint density at radius 3 is 2.71 bits per heavy atom. The quantitative estimate of drug-likeness (QED) is 0.855. The zero-order chi connectivity index (χ0) is 16.8. The van der Waals surface area contributed by atoms with Crippen LogP contribution >= 0.6 is 0 Å². The summed E-state index contributed by atoms with van der Waals surface area (Å²) >= 11 is 0. The molecule has 2 atom stereocenters. The summed E-state index contributed by atoms with van der Waals surface area (Å²) in [5, 5.41) is 0. The van der Waals surface area contributed by atoms with Gasteiger partial charge in [0.1, 0.15) is 0 Å². The number of carbonyl (C=O) groups is 1. The number of H-pyrrole nitrogens is 1. The van der Waals surface area contributed by atoms with Crippen molar-refractivity contribution in [1.29, 1.82) is 0 Å². The minimum atomic E-state index is -0.189. The van der Waals surface area contributed by atoms with E-state index in [0.717, 1.165) is 29.8 Å². The molecule has 1 fully saturated rings. The third-order valence-electron chi connectivity index (χ3n) is 5.11. The monoisotopic (exact) mass is 325 g/mol. The van der Waals surface area contributed by atoms with E-state index in [1.54, 1.807) is 25.3 Å². The van der Waals surface area contributed by atoms with Gasteiger partial charge in [-0.2, -0.15) is 0 Å². The minimum absolute atomic E-state index is 0.0336. The van der Waals surface area contributed by atoms with E-state index in [-0.39, 0.29) is 22.9 Å². The summed E-state index contributed by atoms with van der Waals surface area (Å²) in [7, 11) is 0. The molecule has 1 saturated heterocycles. The van der Waals surface area contributed by atoms with Crippen molar-refractivity contribution in [3.8, 4) is 11.1 Å². The molecule has 2 aliphatic heterocycles. The van der Waals surface area contributed by atoms with E-state index in [4.69, 9.17) is 0 Å². The maximum atomic E-state index is 12.6. The fourth-order valence-corrected chi connectivity index (χ4v) is 4.01. The summed E-state index contributed by atoms with van der Waals surface area (Å²) in [5.41, 5.74) is 2.25. The lowest BCUT2D eigenvalue weighted by Gasteiger charge is -2.42. The molecule has 6 nitrogen and oxygen atoms in total. The molecule has 0 aliphatic carbocycles. The number of piperidine rings is 1. The van der Waals surface area contributed by atoms with Crippen LogP contribution in [-0.4, -0.2) is 33.4 Å². The summed E-state index contributed by atoms with van der Waals surface area (Å²) in [6, 6.07) is 6.89. The Morgan fingerprint density at radius 1 is 1.12 bits per heavy atom. The van der Waals surface area contributed by atoms with E-state index in [2.05, 4.69) is 4.98 Å². The summed E-state index contributed by atoms with van der Waals surface area (Å²) < 4.78 is 1.84. The number of carbonyl (C=O) groups excluding carboxylic acids is 1. The largest absolute Gasteiger partial charge is 0.342 e. The second kappa shape index (κ2) is 5.47. The fourth-order valence-electron chi connectivity index (χ4n) is 4.01. The van der Waals surface area contributed by atoms with Crippen LogP contribution in [0.25, 0.3) is 11.1 Å². The lowest BCUT2D eigenvalue weighted by Crippen LogP contribution is -2.48. The van der Waals surface area contributed by atoms with E-state index >= 15 is 0 Å². The van der Waals surface area contributed by atoms with Crippen molar-refractivity contribution in [2.75, 3.05) is 13.1 Å². The van der Waals surface area contributed by atoms with Crippen LogP contribution in [0.2, 0.25) is 0 Å². The molecule has 4 rings (SSSR count). The normalized spacial score (nSPS) is 22.1. The Balaban J connectivity index is 1.80. The van der Waals surface area contributed by atoms with Gasteiger partial charge in [0.15, 0.2) is 0 Å². The van der Waals surface area contributed by atoms with Crippen molar-refractivity contribution >= 4 is 5.91 Å². The van der Waals surface area contributed by atoms with E-state index < -0.39 is 0 Å². The molecule has 0 spiro atoms. The van der Waals surface area contributed by atoms with Gasteiger partial charge in [0, 0.05) is 56.5 Å². The molecule has 1 amide bonds. The molecule has 2 aliphatic rings. The fraction of sp³-hybridized carbons (Fsp3) is 0.389. The SMILES string of the molecule is CC(=O)N1C[C@@H]2C[C@H](C1)c1cc(-c3cc[nH]c(=O)c3)cc(=O)n1C2. The van der Waals surface area contributed by atoms with Gasteiger partial charge in [0.2, 0.25) is 11.5 Å².